The molecule has 0 saturated carbocycles. The van der Waals surface area contributed by atoms with Crippen LogP contribution in [0.2, 0.25) is 0 Å². The number of hydrogen-bond acceptors (Lipinski definition) is 5. The van der Waals surface area contributed by atoms with Gasteiger partial charge in [-0.1, -0.05) is 34.0 Å². The maximum absolute atomic E-state index is 14.0. The summed E-state index contributed by atoms with van der Waals surface area (Å²) in [6.45, 7) is -0.631. The van der Waals surface area contributed by atoms with E-state index in [2.05, 4.69) is 14.7 Å². The average Bonchev–Trinajstić information content (AvgIpc) is 2.94. The number of rotatable bonds is 4. The molecule has 0 atom stereocenters. The van der Waals surface area contributed by atoms with Crippen LogP contribution >= 0.6 is 0 Å². The Hall–Kier alpha value is -2.97. The molecule has 0 aliphatic carbocycles. The van der Waals surface area contributed by atoms with E-state index in [9.17, 15) is 18.0 Å². The van der Waals surface area contributed by atoms with E-state index in [0.717, 1.165) is 12.1 Å². The molecule has 3 aromatic rings. The summed E-state index contributed by atoms with van der Waals surface area (Å²) in [4.78, 5) is 22.5. The van der Waals surface area contributed by atoms with E-state index < -0.39 is 46.7 Å². The van der Waals surface area contributed by atoms with Crippen LogP contribution in [0, 0.1) is 0 Å². The molecule has 20 radical (unpaired) electrons. The van der Waals surface area contributed by atoms with Gasteiger partial charge in [0, 0.05) is 5.34 Å². The van der Waals surface area contributed by atoms with Gasteiger partial charge in [0.15, 0.2) is 0 Å². The van der Waals surface area contributed by atoms with Gasteiger partial charge in [0.1, 0.15) is 80.1 Å². The SMILES string of the molecule is [B]c1nc(C([B])([B])N2C(=O)c3c([B])c(-c4ccc(OC(F)(F)F)cc4)c([B])c([B])c3OCC2([B])[B])nc([B])c1[B]. The fourth-order valence-corrected chi connectivity index (χ4v) is 4.13. The standard InChI is InChI=1S/C21H6B10F3N3O3/c22-10-8(6-1-3-7(4-2-6)40-21(32,33)34)11(23)12(24)14-9(10)17(38)37(19(28,29)5-39-14)20(30,31)18-35-15(26)13(25)16(27)36-18/h1-4H,5H2. The summed E-state index contributed by atoms with van der Waals surface area (Å²) >= 11 is 0. The number of hydrogen-bond donors (Lipinski definition) is 0. The second-order valence-electron chi connectivity index (χ2n) is 8.87. The van der Waals surface area contributed by atoms with E-state index in [1.165, 1.54) is 12.1 Å². The second kappa shape index (κ2) is 10.1. The number of aromatic nitrogens is 2. The molecule has 0 spiro atoms. The number of benzene rings is 2. The van der Waals surface area contributed by atoms with Crippen molar-refractivity contribution in [3.8, 4) is 22.6 Å². The smallest absolute Gasteiger partial charge is 0.493 e. The first-order valence-corrected chi connectivity index (χ1v) is 11.0. The van der Waals surface area contributed by atoms with Gasteiger partial charge >= 0.3 is 6.36 Å². The molecule has 1 aliphatic heterocycles. The monoisotopic (exact) mass is 515 g/mol. The maximum Gasteiger partial charge on any atom is 0.573 e. The first-order valence-electron chi connectivity index (χ1n) is 11.0. The highest BCUT2D eigenvalue weighted by atomic mass is 19.4. The predicted molar refractivity (Wildman–Crippen MR) is 152 cm³/mol. The van der Waals surface area contributed by atoms with Crippen molar-refractivity contribution >= 4 is 117 Å². The molecule has 1 aromatic heterocycles. The summed E-state index contributed by atoms with van der Waals surface area (Å²) in [5.74, 6) is -2.40. The number of ether oxygens (including phenoxy) is 2. The van der Waals surface area contributed by atoms with Gasteiger partial charge in [-0.3, -0.25) is 4.79 Å². The number of fused-ring (bicyclic) bond motifs is 1. The highest BCUT2D eigenvalue weighted by molar-refractivity contribution is 6.57. The first kappa shape index (κ1) is 30.0. The minimum atomic E-state index is -4.92. The third-order valence-corrected chi connectivity index (χ3v) is 5.96. The van der Waals surface area contributed by atoms with Crippen LogP contribution in [-0.4, -0.2) is 118 Å². The molecule has 0 N–H and O–H groups in total. The Labute approximate surface area is 241 Å². The lowest BCUT2D eigenvalue weighted by atomic mass is 9.52. The molecule has 2 heterocycles. The molecule has 174 valence electrons. The van der Waals surface area contributed by atoms with Crippen molar-refractivity contribution in [3.05, 3.63) is 35.7 Å². The first-order chi connectivity index (χ1) is 18.4. The van der Waals surface area contributed by atoms with E-state index >= 15 is 0 Å². The molecule has 0 bridgehead atoms. The van der Waals surface area contributed by atoms with Gasteiger partial charge in [0.2, 0.25) is 0 Å². The Morgan fingerprint density at radius 1 is 0.850 bits per heavy atom. The van der Waals surface area contributed by atoms with Crippen molar-refractivity contribution < 1.29 is 27.4 Å². The Morgan fingerprint density at radius 3 is 1.93 bits per heavy atom. The quantitative estimate of drug-likeness (QED) is 0.327. The van der Waals surface area contributed by atoms with Crippen LogP contribution in [-0.2, 0) is 5.34 Å². The predicted octanol–water partition coefficient (Wildman–Crippen LogP) is -5.22. The minimum Gasteiger partial charge on any atom is -0.493 e. The van der Waals surface area contributed by atoms with E-state index in [0.29, 0.717) is 4.90 Å². The molecule has 2 aromatic carbocycles. The van der Waals surface area contributed by atoms with Crippen LogP contribution in [0.5, 0.6) is 11.5 Å². The lowest BCUT2D eigenvalue weighted by molar-refractivity contribution is -0.274. The summed E-state index contributed by atoms with van der Waals surface area (Å²) < 4.78 is 47.3. The highest BCUT2D eigenvalue weighted by Crippen LogP contribution is 2.33. The molecule has 1 aliphatic rings. The van der Waals surface area contributed by atoms with Gasteiger partial charge < -0.3 is 14.4 Å². The third kappa shape index (κ3) is 5.23. The maximum atomic E-state index is 14.0. The van der Waals surface area contributed by atoms with E-state index in [1.807, 2.05) is 0 Å². The number of amides is 1. The molecule has 19 heteroatoms. The van der Waals surface area contributed by atoms with E-state index in [-0.39, 0.29) is 49.9 Å². The van der Waals surface area contributed by atoms with Crippen LogP contribution in [0.1, 0.15) is 16.2 Å². The van der Waals surface area contributed by atoms with Crippen LogP contribution in [0.15, 0.2) is 24.3 Å². The van der Waals surface area contributed by atoms with Crippen molar-refractivity contribution in [3.63, 3.8) is 0 Å². The number of halogens is 3. The number of alkyl halides is 3. The summed E-state index contributed by atoms with van der Waals surface area (Å²) in [5.41, 5.74) is -1.73. The van der Waals surface area contributed by atoms with Crippen LogP contribution in [0.4, 0.5) is 13.2 Å². The van der Waals surface area contributed by atoms with Gasteiger partial charge in [0.05, 0.1) is 27.9 Å². The van der Waals surface area contributed by atoms with Crippen molar-refractivity contribution in [2.24, 2.45) is 0 Å². The largest absolute Gasteiger partial charge is 0.573 e. The lowest BCUT2D eigenvalue weighted by Gasteiger charge is -2.48. The molecular weight excluding hydrogens is 507 g/mol. The summed E-state index contributed by atoms with van der Waals surface area (Å²) in [6.07, 6.45) is -4.92. The molecule has 40 heavy (non-hydrogen) atoms. The molecule has 1 amide bonds. The van der Waals surface area contributed by atoms with Crippen LogP contribution in [0.3, 0.4) is 0 Å². The second-order valence-corrected chi connectivity index (χ2v) is 8.87. The van der Waals surface area contributed by atoms with Crippen molar-refractivity contribution in [1.29, 1.82) is 0 Å². The number of nitrogens with zero attached hydrogens (tertiary/aromatic N) is 3. The highest BCUT2D eigenvalue weighted by Gasteiger charge is 2.46. The Morgan fingerprint density at radius 2 is 1.40 bits per heavy atom. The van der Waals surface area contributed by atoms with Crippen molar-refractivity contribution in [1.82, 2.24) is 14.9 Å². The summed E-state index contributed by atoms with van der Waals surface area (Å²) in [7, 11) is 61.1. The average molecular weight is 513 g/mol. The fourth-order valence-electron chi connectivity index (χ4n) is 4.13. The van der Waals surface area contributed by atoms with Crippen LogP contribution in [0.25, 0.3) is 11.1 Å². The Balaban J connectivity index is 1.90. The molecule has 0 unspecified atom stereocenters. The molecule has 0 saturated heterocycles. The molecule has 6 nitrogen and oxygen atoms in total. The third-order valence-electron chi connectivity index (χ3n) is 5.96. The van der Waals surface area contributed by atoms with Crippen molar-refractivity contribution in [2.75, 3.05) is 6.61 Å². The summed E-state index contributed by atoms with van der Waals surface area (Å²) in [5, 5.41) is -4.72. The van der Waals surface area contributed by atoms with Gasteiger partial charge in [-0.25, -0.2) is 9.97 Å². The number of carbonyl (C=O) groups excluding carboxylic acids is 1. The van der Waals surface area contributed by atoms with E-state index in [1.54, 1.807) is 0 Å². The lowest BCUT2D eigenvalue weighted by Crippen LogP contribution is -2.66. The Kier molecular flexibility index (Phi) is 7.60. The van der Waals surface area contributed by atoms with Gasteiger partial charge in [0.25, 0.3) is 5.91 Å². The van der Waals surface area contributed by atoms with Crippen LogP contribution < -0.4 is 42.5 Å². The minimum absolute atomic E-state index is 0.0230. The molecule has 0 fully saturated rings. The zero-order chi connectivity index (χ0) is 29.9. The zero-order valence-electron chi connectivity index (χ0n) is 20.5. The zero-order valence-corrected chi connectivity index (χ0v) is 20.5. The molecular formula is C21H6B10F3N3O3. The summed E-state index contributed by atoms with van der Waals surface area (Å²) in [6, 6.07) is 4.46. The molecule has 4 rings (SSSR count). The van der Waals surface area contributed by atoms with Gasteiger partial charge in [-0.15, -0.1) is 13.2 Å². The number of carbonyl (C=O) groups is 1. The van der Waals surface area contributed by atoms with E-state index in [4.69, 9.17) is 83.2 Å². The van der Waals surface area contributed by atoms with Gasteiger partial charge in [-0.05, 0) is 39.8 Å². The van der Waals surface area contributed by atoms with Crippen molar-refractivity contribution in [2.45, 2.75) is 17.0 Å². The fraction of sp³-hybridized carbons (Fsp3) is 0.190. The normalized spacial score (nSPS) is 15.2. The van der Waals surface area contributed by atoms with Gasteiger partial charge in [-0.2, -0.15) is 0 Å². The topological polar surface area (TPSA) is 64.6 Å². The Bertz CT molecular complexity index is 1500.